The molecule has 472 valence electrons. The molecule has 1 atom stereocenters. The van der Waals surface area contributed by atoms with E-state index in [-0.39, 0.29) is 0 Å². The molecule has 0 aliphatic carbocycles. The van der Waals surface area contributed by atoms with E-state index in [9.17, 15) is 0 Å². The summed E-state index contributed by atoms with van der Waals surface area (Å²) in [6.07, 6.45) is 56.2. The Balaban J connectivity index is -0.0000000458. The largest absolute Gasteiger partial charge is 0.320 e. The number of rotatable bonds is 35. The summed E-state index contributed by atoms with van der Waals surface area (Å²) in [4.78, 5) is 0. The van der Waals surface area contributed by atoms with Crippen molar-refractivity contribution in [3.8, 4) is 0 Å². The second-order valence-electron chi connectivity index (χ2n) is 19.1. The molecule has 0 rings (SSSR count). The maximum absolute atomic E-state index is 3.13. The zero-order valence-corrected chi connectivity index (χ0v) is 60.3. The third-order valence-electron chi connectivity index (χ3n) is 10.5. The second kappa shape index (κ2) is 171. The van der Waals surface area contributed by atoms with Crippen LogP contribution < -0.4 is 10.6 Å². The average molecular weight is 1070 g/mol. The molecule has 0 aromatic heterocycles. The summed E-state index contributed by atoms with van der Waals surface area (Å²) in [5.74, 6) is 0.955. The maximum Gasteiger partial charge on any atom is -0.00519 e. The number of hydrogen-bond donors (Lipinski definition) is 2. The van der Waals surface area contributed by atoms with Crippen LogP contribution in [0.1, 0.15) is 444 Å². The highest BCUT2D eigenvalue weighted by Gasteiger charge is 1.97. The van der Waals surface area contributed by atoms with Gasteiger partial charge in [0.25, 0.3) is 0 Å². The summed E-state index contributed by atoms with van der Waals surface area (Å²) < 4.78 is 0. The monoisotopic (exact) mass is 1070 g/mol. The van der Waals surface area contributed by atoms with Crippen LogP contribution in [-0.4, -0.2) is 27.2 Å². The Kier molecular flexibility index (Phi) is 253. The van der Waals surface area contributed by atoms with Gasteiger partial charge in [0, 0.05) is 0 Å². The van der Waals surface area contributed by atoms with E-state index in [2.05, 4.69) is 142 Å². The lowest BCUT2D eigenvalue weighted by Gasteiger charge is -2.06. The Morgan fingerprint density at radius 3 is 0.541 bits per heavy atom. The first-order chi connectivity index (χ1) is 36.0. The fraction of sp³-hybridized carbons (Fsp3) is 1.00. The van der Waals surface area contributed by atoms with Gasteiger partial charge in [-0.3, -0.25) is 0 Å². The minimum absolute atomic E-state index is 0.955. The van der Waals surface area contributed by atoms with Gasteiger partial charge in [0.15, 0.2) is 0 Å². The van der Waals surface area contributed by atoms with Crippen molar-refractivity contribution in [2.75, 3.05) is 27.2 Å². The number of hydrogen-bond acceptors (Lipinski definition) is 2. The van der Waals surface area contributed by atoms with Crippen molar-refractivity contribution in [2.24, 2.45) is 5.92 Å². The smallest absolute Gasteiger partial charge is 0.00519 e. The molecule has 0 aromatic carbocycles. The van der Waals surface area contributed by atoms with Gasteiger partial charge in [-0.05, 0) is 39.5 Å². The Morgan fingerprint density at radius 2 is 0.392 bits per heavy atom. The van der Waals surface area contributed by atoms with E-state index in [1.54, 1.807) is 0 Å². The second-order valence-corrected chi connectivity index (χ2v) is 19.1. The predicted octanol–water partition coefficient (Wildman–Crippen LogP) is 29.0. The van der Waals surface area contributed by atoms with E-state index in [1.165, 1.54) is 263 Å². The van der Waals surface area contributed by atoms with Crippen molar-refractivity contribution in [3.63, 3.8) is 0 Å². The quantitative estimate of drug-likeness (QED) is 0.0618. The highest BCUT2D eigenvalue weighted by molar-refractivity contribution is 4.50. The lowest BCUT2D eigenvalue weighted by molar-refractivity contribution is 0.477. The van der Waals surface area contributed by atoms with Crippen molar-refractivity contribution in [1.82, 2.24) is 10.6 Å². The fourth-order valence-electron chi connectivity index (χ4n) is 5.83. The minimum Gasteiger partial charge on any atom is -0.320 e. The molecule has 0 aliphatic rings. The SMILES string of the molecule is CC.CC.CC.CC.CCC.CCC.CCC.CCCCC.CCCCCC.CCCCCCC(C)CC.CCCCCCCCCCC.CCCCCCCCCCCCC.CCCCCCNC.CCNC. The Hall–Kier alpha value is -0.0800. The van der Waals surface area contributed by atoms with Crippen LogP contribution in [0.5, 0.6) is 0 Å². The molecule has 0 saturated carbocycles. The Morgan fingerprint density at radius 1 is 0.230 bits per heavy atom. The molecule has 0 aromatic rings. The van der Waals surface area contributed by atoms with Gasteiger partial charge in [0.1, 0.15) is 0 Å². The molecule has 74 heavy (non-hydrogen) atoms. The van der Waals surface area contributed by atoms with E-state index in [0.29, 0.717) is 0 Å². The first-order valence-electron chi connectivity index (χ1n) is 35.3. The van der Waals surface area contributed by atoms with Crippen molar-refractivity contribution >= 4 is 0 Å². The first-order valence-corrected chi connectivity index (χ1v) is 35.3. The van der Waals surface area contributed by atoms with Crippen LogP contribution in [0.2, 0.25) is 0 Å². The van der Waals surface area contributed by atoms with E-state index in [4.69, 9.17) is 0 Å². The molecule has 0 bridgehead atoms. The van der Waals surface area contributed by atoms with Crippen LogP contribution in [-0.2, 0) is 0 Å². The lowest BCUT2D eigenvalue weighted by atomic mass is 10.0. The molecule has 0 aliphatic heterocycles. The van der Waals surface area contributed by atoms with Crippen LogP contribution in [0, 0.1) is 5.92 Å². The zero-order chi connectivity index (χ0) is 60.7. The van der Waals surface area contributed by atoms with Crippen LogP contribution in [0.15, 0.2) is 0 Å². The van der Waals surface area contributed by atoms with Gasteiger partial charge < -0.3 is 10.6 Å². The zero-order valence-electron chi connectivity index (χ0n) is 60.3. The van der Waals surface area contributed by atoms with Crippen molar-refractivity contribution in [3.05, 3.63) is 0 Å². The van der Waals surface area contributed by atoms with Crippen molar-refractivity contribution in [2.45, 2.75) is 444 Å². The van der Waals surface area contributed by atoms with Gasteiger partial charge in [-0.2, -0.15) is 0 Å². The van der Waals surface area contributed by atoms with E-state index >= 15 is 0 Å². The summed E-state index contributed by atoms with van der Waals surface area (Å²) in [6, 6.07) is 0. The number of nitrogens with one attached hydrogen (secondary N) is 2. The van der Waals surface area contributed by atoms with E-state index < -0.39 is 0 Å². The van der Waals surface area contributed by atoms with Crippen LogP contribution in [0.4, 0.5) is 0 Å². The van der Waals surface area contributed by atoms with E-state index in [0.717, 1.165) is 12.5 Å². The molecule has 0 spiro atoms. The third-order valence-corrected chi connectivity index (χ3v) is 10.5. The molecule has 0 saturated heterocycles. The maximum atomic E-state index is 3.13. The van der Waals surface area contributed by atoms with E-state index in [1.807, 2.05) is 69.5 Å². The standard InChI is InChI=1S/C13H28.C11H24.C10H22.C7H17N.C6H14.C5H12.C3H9N.3C3H8.4C2H6/c1-3-5-7-9-11-13-12-10-8-6-4-2;1-3-5-7-9-11-10-8-6-4-2;1-4-6-7-8-9-10(3)5-2;1-3-4-5-6-7-8-2;1-3-5-6-4-2;1-3-5-4-2;1-3-4-2;3*1-3-2;4*1-2/h3-13H2,1-2H3;3-11H2,1-2H3;10H,4-9H2,1-3H3;8H,3-7H2,1-2H3;3-6H2,1-2H3;3-5H2,1-2H3;4H,3H2,1-2H3;3*3H2,1-2H3;4*1-2H3. The van der Waals surface area contributed by atoms with Gasteiger partial charge in [-0.15, -0.1) is 0 Å². The highest BCUT2D eigenvalue weighted by atomic mass is 14.8. The Labute approximate surface area is 485 Å². The molecule has 2 heteroatoms. The fourth-order valence-corrected chi connectivity index (χ4v) is 5.83. The summed E-state index contributed by atoms with van der Waals surface area (Å²) >= 11 is 0. The minimum atomic E-state index is 0.955. The molecular formula is C72H174N2. The van der Waals surface area contributed by atoms with Gasteiger partial charge >= 0.3 is 0 Å². The van der Waals surface area contributed by atoms with Crippen molar-refractivity contribution in [1.29, 1.82) is 0 Å². The van der Waals surface area contributed by atoms with Crippen LogP contribution in [0.25, 0.3) is 0 Å². The lowest BCUT2D eigenvalue weighted by Crippen LogP contribution is -2.06. The highest BCUT2D eigenvalue weighted by Crippen LogP contribution is 2.13. The molecular weight excluding hydrogens is 893 g/mol. The van der Waals surface area contributed by atoms with Gasteiger partial charge in [0.05, 0.1) is 0 Å². The molecule has 1 unspecified atom stereocenters. The predicted molar refractivity (Wildman–Crippen MR) is 369 cm³/mol. The molecule has 2 N–H and O–H groups in total. The summed E-state index contributed by atoms with van der Waals surface area (Å²) in [7, 11) is 3.94. The van der Waals surface area contributed by atoms with Gasteiger partial charge in [-0.25, -0.2) is 0 Å². The molecule has 2 nitrogen and oxygen atoms in total. The Bertz CT molecular complexity index is 499. The van der Waals surface area contributed by atoms with Crippen molar-refractivity contribution < 1.29 is 0 Å². The third kappa shape index (κ3) is 265. The molecule has 0 radical (unpaired) electrons. The summed E-state index contributed by atoms with van der Waals surface area (Å²) in [6.45, 7) is 60.2. The number of unbranched alkanes of at least 4 members (excludes halogenated alkanes) is 29. The summed E-state index contributed by atoms with van der Waals surface area (Å²) in [5, 5.41) is 6.06. The normalized spacial score (nSPS) is 9.04. The molecule has 0 heterocycles. The topological polar surface area (TPSA) is 24.1 Å². The molecule has 0 amide bonds. The van der Waals surface area contributed by atoms with Gasteiger partial charge in [-0.1, -0.05) is 437 Å². The van der Waals surface area contributed by atoms with Crippen LogP contribution >= 0.6 is 0 Å². The molecule has 0 fully saturated rings. The van der Waals surface area contributed by atoms with Gasteiger partial charge in [0.2, 0.25) is 0 Å². The van der Waals surface area contributed by atoms with Crippen LogP contribution in [0.3, 0.4) is 0 Å². The summed E-state index contributed by atoms with van der Waals surface area (Å²) in [5.41, 5.74) is 0. The first kappa shape index (κ1) is 109. The average Bonchev–Trinajstić information content (AvgIpc) is 3.44.